The monoisotopic (exact) mass is 324 g/mol. The molecule has 1 aromatic carbocycles. The number of nitrogen functional groups attached to an aromatic ring is 1. The van der Waals surface area contributed by atoms with Gasteiger partial charge in [0, 0.05) is 21.7 Å². The Hall–Kier alpha value is -1.69. The van der Waals surface area contributed by atoms with E-state index in [0.717, 1.165) is 33.5 Å². The lowest BCUT2D eigenvalue weighted by atomic mass is 10.0. The van der Waals surface area contributed by atoms with E-state index in [0.29, 0.717) is 24.8 Å². The molecule has 0 saturated carbocycles. The third-order valence-corrected chi connectivity index (χ3v) is 3.64. The van der Waals surface area contributed by atoms with Crippen LogP contribution in [0.4, 0.5) is 5.82 Å². The van der Waals surface area contributed by atoms with Crippen molar-refractivity contribution in [1.82, 2.24) is 5.16 Å². The van der Waals surface area contributed by atoms with Gasteiger partial charge in [-0.05, 0) is 28.4 Å². The first-order valence-corrected chi connectivity index (χ1v) is 6.83. The van der Waals surface area contributed by atoms with Crippen molar-refractivity contribution in [1.29, 1.82) is 0 Å². The first kappa shape index (κ1) is 12.3. The van der Waals surface area contributed by atoms with Crippen molar-refractivity contribution in [3.63, 3.8) is 0 Å². The SMILES string of the molecule is CCc1c2c(cc(Br)c1-c1cc(N)no1)OCCO2. The quantitative estimate of drug-likeness (QED) is 0.919. The van der Waals surface area contributed by atoms with Gasteiger partial charge in [-0.2, -0.15) is 0 Å². The maximum atomic E-state index is 5.73. The van der Waals surface area contributed by atoms with E-state index in [2.05, 4.69) is 28.0 Å². The lowest BCUT2D eigenvalue weighted by Gasteiger charge is -2.23. The van der Waals surface area contributed by atoms with Gasteiger partial charge < -0.3 is 19.7 Å². The van der Waals surface area contributed by atoms with Gasteiger partial charge in [0.1, 0.15) is 13.2 Å². The molecule has 2 heterocycles. The molecule has 1 aliphatic heterocycles. The summed E-state index contributed by atoms with van der Waals surface area (Å²) in [5.41, 5.74) is 7.56. The van der Waals surface area contributed by atoms with Gasteiger partial charge in [0.05, 0.1) is 0 Å². The van der Waals surface area contributed by atoms with Crippen molar-refractivity contribution in [2.45, 2.75) is 13.3 Å². The van der Waals surface area contributed by atoms with E-state index in [1.807, 2.05) is 6.07 Å². The Morgan fingerprint density at radius 3 is 2.79 bits per heavy atom. The minimum atomic E-state index is 0.360. The summed E-state index contributed by atoms with van der Waals surface area (Å²) in [6.07, 6.45) is 0.793. The van der Waals surface area contributed by atoms with Gasteiger partial charge in [-0.1, -0.05) is 12.1 Å². The third-order valence-electron chi connectivity index (χ3n) is 3.01. The van der Waals surface area contributed by atoms with Crippen LogP contribution in [0.1, 0.15) is 12.5 Å². The zero-order valence-corrected chi connectivity index (χ0v) is 12.0. The Balaban J connectivity index is 2.23. The molecular weight excluding hydrogens is 312 g/mol. The van der Waals surface area contributed by atoms with Gasteiger partial charge in [-0.3, -0.25) is 0 Å². The normalized spacial score (nSPS) is 13.6. The van der Waals surface area contributed by atoms with Gasteiger partial charge >= 0.3 is 0 Å². The number of hydrogen-bond donors (Lipinski definition) is 1. The van der Waals surface area contributed by atoms with Crippen LogP contribution in [0.25, 0.3) is 11.3 Å². The molecule has 3 rings (SSSR count). The molecule has 5 nitrogen and oxygen atoms in total. The van der Waals surface area contributed by atoms with Crippen LogP contribution < -0.4 is 15.2 Å². The van der Waals surface area contributed by atoms with E-state index in [1.54, 1.807) is 6.07 Å². The average molecular weight is 325 g/mol. The zero-order chi connectivity index (χ0) is 13.4. The van der Waals surface area contributed by atoms with Crippen molar-refractivity contribution in [2.24, 2.45) is 0 Å². The summed E-state index contributed by atoms with van der Waals surface area (Å²) >= 11 is 3.55. The van der Waals surface area contributed by atoms with Crippen LogP contribution in [-0.4, -0.2) is 18.4 Å². The molecule has 6 heteroatoms. The second kappa shape index (κ2) is 4.77. The molecule has 0 amide bonds. The minimum absolute atomic E-state index is 0.360. The number of anilines is 1. The highest BCUT2D eigenvalue weighted by Gasteiger charge is 2.23. The Morgan fingerprint density at radius 1 is 1.32 bits per heavy atom. The first-order valence-electron chi connectivity index (χ1n) is 6.04. The predicted molar refractivity (Wildman–Crippen MR) is 74.4 cm³/mol. The van der Waals surface area contributed by atoms with Crippen molar-refractivity contribution in [2.75, 3.05) is 18.9 Å². The summed E-state index contributed by atoms with van der Waals surface area (Å²) in [6, 6.07) is 3.59. The highest BCUT2D eigenvalue weighted by Crippen LogP contribution is 2.45. The highest BCUT2D eigenvalue weighted by molar-refractivity contribution is 9.10. The maximum Gasteiger partial charge on any atom is 0.170 e. The van der Waals surface area contributed by atoms with Crippen LogP contribution in [0.5, 0.6) is 11.5 Å². The van der Waals surface area contributed by atoms with Crippen molar-refractivity contribution >= 4 is 21.7 Å². The fourth-order valence-corrected chi connectivity index (χ4v) is 2.87. The molecule has 0 radical (unpaired) electrons. The molecule has 0 fully saturated rings. The second-order valence-corrected chi connectivity index (χ2v) is 5.06. The van der Waals surface area contributed by atoms with Gasteiger partial charge in [-0.15, -0.1) is 0 Å². The standard InChI is InChI=1S/C13H13BrN2O3/c1-2-7-12(9-6-11(15)16-19-9)8(14)5-10-13(7)18-4-3-17-10/h5-6H,2-4H2,1H3,(H2,15,16). The number of rotatable bonds is 2. The molecule has 1 aromatic heterocycles. The fraction of sp³-hybridized carbons (Fsp3) is 0.308. The van der Waals surface area contributed by atoms with Crippen LogP contribution in [0.3, 0.4) is 0 Å². The summed E-state index contributed by atoms with van der Waals surface area (Å²) in [5.74, 6) is 2.52. The number of benzene rings is 1. The molecule has 100 valence electrons. The van der Waals surface area contributed by atoms with Crippen LogP contribution in [-0.2, 0) is 6.42 Å². The number of ether oxygens (including phenoxy) is 2. The Labute approximate surface area is 118 Å². The van der Waals surface area contributed by atoms with Crippen LogP contribution >= 0.6 is 15.9 Å². The minimum Gasteiger partial charge on any atom is -0.486 e. The Morgan fingerprint density at radius 2 is 2.11 bits per heavy atom. The van der Waals surface area contributed by atoms with Gasteiger partial charge in [0.2, 0.25) is 0 Å². The van der Waals surface area contributed by atoms with E-state index in [9.17, 15) is 0 Å². The second-order valence-electron chi connectivity index (χ2n) is 4.21. The summed E-state index contributed by atoms with van der Waals surface area (Å²) in [7, 11) is 0. The van der Waals surface area contributed by atoms with Crippen LogP contribution in [0.15, 0.2) is 21.1 Å². The van der Waals surface area contributed by atoms with Crippen LogP contribution in [0.2, 0.25) is 0 Å². The molecule has 0 aliphatic carbocycles. The average Bonchev–Trinajstić information content (AvgIpc) is 2.83. The summed E-state index contributed by atoms with van der Waals surface area (Å²) in [4.78, 5) is 0. The maximum absolute atomic E-state index is 5.73. The Bertz CT molecular complexity index is 625. The van der Waals surface area contributed by atoms with E-state index in [1.165, 1.54) is 0 Å². The Kier molecular flexibility index (Phi) is 3.10. The summed E-state index contributed by atoms with van der Waals surface area (Å²) in [5, 5.41) is 3.73. The van der Waals surface area contributed by atoms with Gasteiger partial charge in [0.25, 0.3) is 0 Å². The molecule has 1 aliphatic rings. The fourth-order valence-electron chi connectivity index (χ4n) is 2.23. The lowest BCUT2D eigenvalue weighted by molar-refractivity contribution is 0.170. The molecule has 0 spiro atoms. The number of hydrogen-bond acceptors (Lipinski definition) is 5. The molecule has 0 atom stereocenters. The topological polar surface area (TPSA) is 70.5 Å². The molecule has 0 saturated heterocycles. The number of nitrogens with zero attached hydrogens (tertiary/aromatic N) is 1. The van der Waals surface area contributed by atoms with Crippen molar-refractivity contribution < 1.29 is 14.0 Å². The molecule has 0 bridgehead atoms. The molecule has 2 N–H and O–H groups in total. The number of aromatic nitrogens is 1. The zero-order valence-electron chi connectivity index (χ0n) is 10.4. The van der Waals surface area contributed by atoms with Crippen molar-refractivity contribution in [3.05, 3.63) is 22.2 Å². The molecule has 19 heavy (non-hydrogen) atoms. The number of halogens is 1. The lowest BCUT2D eigenvalue weighted by Crippen LogP contribution is -2.17. The third kappa shape index (κ3) is 2.06. The smallest absolute Gasteiger partial charge is 0.170 e. The predicted octanol–water partition coefficient (Wildman–Crippen LogP) is 3.02. The molecule has 0 unspecified atom stereocenters. The number of nitrogens with two attached hydrogens (primary N) is 1. The van der Waals surface area contributed by atoms with Crippen LogP contribution in [0, 0.1) is 0 Å². The van der Waals surface area contributed by atoms with E-state index >= 15 is 0 Å². The van der Waals surface area contributed by atoms with Crippen molar-refractivity contribution in [3.8, 4) is 22.8 Å². The van der Waals surface area contributed by atoms with E-state index < -0.39 is 0 Å². The van der Waals surface area contributed by atoms with E-state index in [4.69, 9.17) is 19.7 Å². The molecule has 2 aromatic rings. The van der Waals surface area contributed by atoms with E-state index in [-0.39, 0.29) is 0 Å². The number of fused-ring (bicyclic) bond motifs is 1. The largest absolute Gasteiger partial charge is 0.486 e. The first-order chi connectivity index (χ1) is 9.20. The summed E-state index contributed by atoms with van der Waals surface area (Å²) < 4.78 is 17.5. The van der Waals surface area contributed by atoms with Gasteiger partial charge in [-0.25, -0.2) is 0 Å². The highest BCUT2D eigenvalue weighted by atomic mass is 79.9. The molecular formula is C13H13BrN2O3. The van der Waals surface area contributed by atoms with Gasteiger partial charge in [0.15, 0.2) is 23.1 Å². The summed E-state index contributed by atoms with van der Waals surface area (Å²) in [6.45, 7) is 3.18.